The molecule has 1 fully saturated rings. The maximum absolute atomic E-state index is 10.4. The number of fused-ring (bicyclic) bond motifs is 2. The zero-order chi connectivity index (χ0) is 12.9. The van der Waals surface area contributed by atoms with Crippen LogP contribution in [-0.2, 0) is 0 Å². The largest absolute Gasteiger partial charge is 0.496 e. The van der Waals surface area contributed by atoms with Crippen molar-refractivity contribution in [2.45, 2.75) is 37.7 Å². The second-order valence-corrected chi connectivity index (χ2v) is 5.44. The lowest BCUT2D eigenvalue weighted by molar-refractivity contribution is 0.0297. The molecule has 0 heterocycles. The lowest BCUT2D eigenvalue weighted by Gasteiger charge is -2.47. The summed E-state index contributed by atoms with van der Waals surface area (Å²) in [7, 11) is 3.41. The van der Waals surface area contributed by atoms with Gasteiger partial charge >= 0.3 is 0 Å². The molecule has 1 N–H and O–H groups in total. The van der Waals surface area contributed by atoms with Gasteiger partial charge in [-0.3, -0.25) is 0 Å². The minimum absolute atomic E-state index is 0.199. The van der Waals surface area contributed by atoms with Crippen LogP contribution in [0.2, 0.25) is 0 Å². The molecule has 1 aromatic rings. The SMILES string of the molecule is COc1ccc(OC)c2c1[C@H]1CC[C@@H]2[C@@H](C)[C@H]1O. The maximum Gasteiger partial charge on any atom is 0.122 e. The van der Waals surface area contributed by atoms with E-state index in [2.05, 4.69) is 6.92 Å². The normalized spacial score (nSPS) is 33.1. The number of rotatable bonds is 2. The highest BCUT2D eigenvalue weighted by molar-refractivity contribution is 5.56. The fourth-order valence-corrected chi connectivity index (χ4v) is 3.84. The van der Waals surface area contributed by atoms with Gasteiger partial charge in [-0.25, -0.2) is 0 Å². The summed E-state index contributed by atoms with van der Waals surface area (Å²) in [5.74, 6) is 2.73. The Morgan fingerprint density at radius 1 is 1.00 bits per heavy atom. The average molecular weight is 248 g/mol. The van der Waals surface area contributed by atoms with Gasteiger partial charge in [-0.15, -0.1) is 0 Å². The van der Waals surface area contributed by atoms with E-state index in [0.717, 1.165) is 24.3 Å². The summed E-state index contributed by atoms with van der Waals surface area (Å²) in [6, 6.07) is 3.94. The topological polar surface area (TPSA) is 38.7 Å². The Hall–Kier alpha value is -1.22. The summed E-state index contributed by atoms with van der Waals surface area (Å²) in [4.78, 5) is 0. The van der Waals surface area contributed by atoms with E-state index in [-0.39, 0.29) is 12.0 Å². The van der Waals surface area contributed by atoms with Crippen molar-refractivity contribution in [2.24, 2.45) is 5.92 Å². The maximum atomic E-state index is 10.4. The van der Waals surface area contributed by atoms with Crippen LogP contribution in [0.3, 0.4) is 0 Å². The molecule has 0 radical (unpaired) electrons. The molecule has 3 nitrogen and oxygen atoms in total. The van der Waals surface area contributed by atoms with Crippen molar-refractivity contribution < 1.29 is 14.6 Å². The van der Waals surface area contributed by atoms with Crippen molar-refractivity contribution >= 4 is 0 Å². The van der Waals surface area contributed by atoms with Crippen LogP contribution in [0, 0.1) is 5.92 Å². The molecule has 3 aliphatic carbocycles. The Balaban J connectivity index is 2.24. The monoisotopic (exact) mass is 248 g/mol. The highest BCUT2D eigenvalue weighted by Gasteiger charge is 2.46. The summed E-state index contributed by atoms with van der Waals surface area (Å²) >= 11 is 0. The van der Waals surface area contributed by atoms with Crippen molar-refractivity contribution in [2.75, 3.05) is 14.2 Å². The third-order valence-corrected chi connectivity index (χ3v) is 4.76. The lowest BCUT2D eigenvalue weighted by Crippen LogP contribution is -2.41. The van der Waals surface area contributed by atoms with Crippen LogP contribution in [-0.4, -0.2) is 25.4 Å². The Labute approximate surface area is 108 Å². The molecular formula is C15H20O3. The van der Waals surface area contributed by atoms with Gasteiger partial charge in [-0.2, -0.15) is 0 Å². The summed E-state index contributed by atoms with van der Waals surface area (Å²) in [6.07, 6.45) is 1.93. The molecule has 0 aliphatic heterocycles. The van der Waals surface area contributed by atoms with Gasteiger partial charge in [0, 0.05) is 17.0 Å². The van der Waals surface area contributed by atoms with Crippen LogP contribution >= 0.6 is 0 Å². The van der Waals surface area contributed by atoms with E-state index in [0.29, 0.717) is 11.8 Å². The predicted molar refractivity (Wildman–Crippen MR) is 69.4 cm³/mol. The van der Waals surface area contributed by atoms with Crippen molar-refractivity contribution in [1.82, 2.24) is 0 Å². The van der Waals surface area contributed by atoms with Gasteiger partial charge in [-0.1, -0.05) is 6.92 Å². The fourth-order valence-electron chi connectivity index (χ4n) is 3.84. The minimum atomic E-state index is -0.253. The van der Waals surface area contributed by atoms with Gasteiger partial charge in [0.25, 0.3) is 0 Å². The molecule has 4 rings (SSSR count). The van der Waals surface area contributed by atoms with Crippen LogP contribution in [0.15, 0.2) is 12.1 Å². The molecule has 0 aromatic heterocycles. The van der Waals surface area contributed by atoms with E-state index in [4.69, 9.17) is 9.47 Å². The lowest BCUT2D eigenvalue weighted by atomic mass is 9.60. The molecule has 18 heavy (non-hydrogen) atoms. The third-order valence-electron chi connectivity index (χ3n) is 4.76. The number of hydrogen-bond donors (Lipinski definition) is 1. The van der Waals surface area contributed by atoms with E-state index in [1.165, 1.54) is 11.1 Å². The fraction of sp³-hybridized carbons (Fsp3) is 0.600. The zero-order valence-electron chi connectivity index (χ0n) is 11.1. The predicted octanol–water partition coefficient (Wildman–Crippen LogP) is 2.68. The number of ether oxygens (including phenoxy) is 2. The quantitative estimate of drug-likeness (QED) is 0.874. The molecule has 1 saturated carbocycles. The van der Waals surface area contributed by atoms with Crippen molar-refractivity contribution in [3.05, 3.63) is 23.3 Å². The Morgan fingerprint density at radius 2 is 1.50 bits per heavy atom. The Morgan fingerprint density at radius 3 is 2.06 bits per heavy atom. The van der Waals surface area contributed by atoms with Crippen LogP contribution in [0.25, 0.3) is 0 Å². The zero-order valence-corrected chi connectivity index (χ0v) is 11.1. The summed E-state index contributed by atoms with van der Waals surface area (Å²) in [5.41, 5.74) is 2.45. The molecule has 2 bridgehead atoms. The minimum Gasteiger partial charge on any atom is -0.496 e. The summed E-state index contributed by atoms with van der Waals surface area (Å²) in [6.45, 7) is 2.14. The first-order valence-corrected chi connectivity index (χ1v) is 6.61. The van der Waals surface area contributed by atoms with Gasteiger partial charge in [0.1, 0.15) is 11.5 Å². The molecule has 0 unspecified atom stereocenters. The van der Waals surface area contributed by atoms with E-state index >= 15 is 0 Å². The molecule has 0 amide bonds. The van der Waals surface area contributed by atoms with E-state index in [9.17, 15) is 5.11 Å². The van der Waals surface area contributed by atoms with Gasteiger partial charge < -0.3 is 14.6 Å². The molecule has 0 saturated heterocycles. The molecule has 98 valence electrons. The molecule has 1 aromatic carbocycles. The molecule has 0 spiro atoms. The third kappa shape index (κ3) is 1.40. The smallest absolute Gasteiger partial charge is 0.122 e. The van der Waals surface area contributed by atoms with Gasteiger partial charge in [0.05, 0.1) is 20.3 Å². The van der Waals surface area contributed by atoms with Crippen LogP contribution in [0.5, 0.6) is 11.5 Å². The molecule has 3 heteroatoms. The van der Waals surface area contributed by atoms with Gasteiger partial charge in [0.15, 0.2) is 0 Å². The van der Waals surface area contributed by atoms with Crippen molar-refractivity contribution in [1.29, 1.82) is 0 Å². The Bertz CT molecular complexity index is 426. The van der Waals surface area contributed by atoms with Gasteiger partial charge in [-0.05, 0) is 36.8 Å². The van der Waals surface area contributed by atoms with E-state index in [1.54, 1.807) is 14.2 Å². The van der Waals surface area contributed by atoms with Crippen LogP contribution in [0.4, 0.5) is 0 Å². The van der Waals surface area contributed by atoms with Gasteiger partial charge in [0.2, 0.25) is 0 Å². The average Bonchev–Trinajstić information content (AvgIpc) is 2.42. The molecule has 3 aliphatic rings. The standard InChI is InChI=1S/C15H20O3/c1-8-9-4-5-10(15(8)16)14-12(18-3)7-6-11(17-2)13(9)14/h6-10,15-16H,4-5H2,1-3H3/t8-,9-,10-,15-/m1/s1. The number of aliphatic hydroxyl groups is 1. The van der Waals surface area contributed by atoms with Crippen LogP contribution in [0.1, 0.15) is 42.7 Å². The first kappa shape index (κ1) is 11.8. The van der Waals surface area contributed by atoms with Crippen molar-refractivity contribution in [3.63, 3.8) is 0 Å². The molecular weight excluding hydrogens is 228 g/mol. The number of aliphatic hydroxyl groups excluding tert-OH is 1. The number of methoxy groups -OCH3 is 2. The van der Waals surface area contributed by atoms with Crippen LogP contribution < -0.4 is 9.47 Å². The van der Waals surface area contributed by atoms with E-state index in [1.807, 2.05) is 12.1 Å². The highest BCUT2D eigenvalue weighted by Crippen LogP contribution is 2.57. The molecule has 4 atom stereocenters. The van der Waals surface area contributed by atoms with E-state index < -0.39 is 0 Å². The summed E-state index contributed by atoms with van der Waals surface area (Å²) < 4.78 is 11.0. The number of hydrogen-bond acceptors (Lipinski definition) is 3. The summed E-state index contributed by atoms with van der Waals surface area (Å²) in [5, 5.41) is 10.4. The second kappa shape index (κ2) is 4.16. The number of benzene rings is 1. The van der Waals surface area contributed by atoms with Crippen molar-refractivity contribution in [3.8, 4) is 11.5 Å². The Kier molecular flexibility index (Phi) is 2.74. The second-order valence-electron chi connectivity index (χ2n) is 5.44. The first-order chi connectivity index (χ1) is 8.69. The first-order valence-electron chi connectivity index (χ1n) is 6.61. The highest BCUT2D eigenvalue weighted by atomic mass is 16.5.